The molecule has 0 bridgehead atoms. The van der Waals surface area contributed by atoms with Gasteiger partial charge in [-0.05, 0) is 41.8 Å². The van der Waals surface area contributed by atoms with E-state index < -0.39 is 6.10 Å². The zero-order valence-electron chi connectivity index (χ0n) is 10.1. The summed E-state index contributed by atoms with van der Waals surface area (Å²) in [4.78, 5) is 11.8. The van der Waals surface area contributed by atoms with E-state index in [1.807, 2.05) is 12.1 Å². The molecule has 1 unspecified atom stereocenters. The standard InChI is InChI=1S/C13H16BrNO3/c1-8(13(17)15-10-5-6-10)18-12-9(7-16)3-2-4-11(12)14/h2-4,8,10,16H,5-7H2,1H3,(H,15,17). The van der Waals surface area contributed by atoms with Crippen molar-refractivity contribution in [2.75, 3.05) is 0 Å². The van der Waals surface area contributed by atoms with Gasteiger partial charge in [0, 0.05) is 11.6 Å². The second-order valence-corrected chi connectivity index (χ2v) is 5.28. The topological polar surface area (TPSA) is 58.6 Å². The molecule has 0 spiro atoms. The van der Waals surface area contributed by atoms with Gasteiger partial charge in [-0.25, -0.2) is 0 Å². The Balaban J connectivity index is 2.05. The summed E-state index contributed by atoms with van der Waals surface area (Å²) in [5.41, 5.74) is 0.662. The molecule has 0 aliphatic heterocycles. The first-order valence-corrected chi connectivity index (χ1v) is 6.76. The van der Waals surface area contributed by atoms with Gasteiger partial charge in [0.15, 0.2) is 6.10 Å². The van der Waals surface area contributed by atoms with E-state index in [0.717, 1.165) is 17.3 Å². The lowest BCUT2D eigenvalue weighted by Crippen LogP contribution is -2.37. The number of carbonyl (C=O) groups excluding carboxylic acids is 1. The Hall–Kier alpha value is -1.07. The third-order valence-corrected chi connectivity index (χ3v) is 3.43. The van der Waals surface area contributed by atoms with Crippen molar-refractivity contribution in [1.29, 1.82) is 0 Å². The molecule has 0 aromatic heterocycles. The second kappa shape index (κ2) is 5.71. The number of ether oxygens (including phenoxy) is 1. The Morgan fingerprint density at radius 3 is 2.94 bits per heavy atom. The van der Waals surface area contributed by atoms with Gasteiger partial charge in [-0.15, -0.1) is 0 Å². The number of aliphatic hydroxyl groups excluding tert-OH is 1. The second-order valence-electron chi connectivity index (χ2n) is 4.43. The van der Waals surface area contributed by atoms with Gasteiger partial charge in [0.05, 0.1) is 11.1 Å². The van der Waals surface area contributed by atoms with Gasteiger partial charge in [0.25, 0.3) is 5.91 Å². The molecule has 98 valence electrons. The molecular formula is C13H16BrNO3. The molecule has 1 aliphatic carbocycles. The maximum atomic E-state index is 11.8. The molecule has 18 heavy (non-hydrogen) atoms. The van der Waals surface area contributed by atoms with Crippen LogP contribution in [-0.4, -0.2) is 23.2 Å². The highest BCUT2D eigenvalue weighted by atomic mass is 79.9. The van der Waals surface area contributed by atoms with Crippen molar-refractivity contribution in [2.45, 2.75) is 38.5 Å². The van der Waals surface area contributed by atoms with Crippen LogP contribution < -0.4 is 10.1 Å². The molecule has 1 fully saturated rings. The zero-order chi connectivity index (χ0) is 13.1. The molecule has 1 aromatic rings. The largest absolute Gasteiger partial charge is 0.479 e. The first-order valence-electron chi connectivity index (χ1n) is 5.97. The first kappa shape index (κ1) is 13.4. The van der Waals surface area contributed by atoms with Crippen LogP contribution in [0.15, 0.2) is 22.7 Å². The fraction of sp³-hybridized carbons (Fsp3) is 0.462. The summed E-state index contributed by atoms with van der Waals surface area (Å²) in [6.45, 7) is 1.59. The number of rotatable bonds is 5. The number of halogens is 1. The van der Waals surface area contributed by atoms with Crippen LogP contribution in [0.25, 0.3) is 0 Å². The van der Waals surface area contributed by atoms with Gasteiger partial charge in [-0.2, -0.15) is 0 Å². The van der Waals surface area contributed by atoms with Crippen molar-refractivity contribution in [1.82, 2.24) is 5.32 Å². The van der Waals surface area contributed by atoms with Crippen molar-refractivity contribution in [3.63, 3.8) is 0 Å². The summed E-state index contributed by atoms with van der Waals surface area (Å²) in [6.07, 6.45) is 1.53. The van der Waals surface area contributed by atoms with Crippen LogP contribution >= 0.6 is 15.9 Å². The van der Waals surface area contributed by atoms with E-state index in [-0.39, 0.29) is 12.5 Å². The van der Waals surface area contributed by atoms with E-state index in [1.54, 1.807) is 13.0 Å². The third-order valence-electron chi connectivity index (χ3n) is 2.81. The van der Waals surface area contributed by atoms with Crippen molar-refractivity contribution < 1.29 is 14.6 Å². The van der Waals surface area contributed by atoms with Crippen LogP contribution in [0.3, 0.4) is 0 Å². The number of para-hydroxylation sites is 1. The molecule has 1 saturated carbocycles. The molecule has 1 atom stereocenters. The highest BCUT2D eigenvalue weighted by Crippen LogP contribution is 2.30. The van der Waals surface area contributed by atoms with Crippen LogP contribution in [0.5, 0.6) is 5.75 Å². The van der Waals surface area contributed by atoms with Crippen LogP contribution in [0.4, 0.5) is 0 Å². The summed E-state index contributed by atoms with van der Waals surface area (Å²) < 4.78 is 6.37. The maximum absolute atomic E-state index is 11.8. The number of hydrogen-bond acceptors (Lipinski definition) is 3. The molecule has 5 heteroatoms. The Labute approximate surface area is 114 Å². The van der Waals surface area contributed by atoms with Gasteiger partial charge in [-0.3, -0.25) is 4.79 Å². The normalized spacial score (nSPS) is 16.2. The highest BCUT2D eigenvalue weighted by Gasteiger charge is 2.26. The van der Waals surface area contributed by atoms with E-state index in [9.17, 15) is 9.90 Å². The lowest BCUT2D eigenvalue weighted by Gasteiger charge is -2.17. The lowest BCUT2D eigenvalue weighted by atomic mass is 10.2. The molecule has 1 aliphatic rings. The summed E-state index contributed by atoms with van der Waals surface area (Å²) in [7, 11) is 0. The number of aliphatic hydroxyl groups is 1. The van der Waals surface area contributed by atoms with Gasteiger partial charge in [-0.1, -0.05) is 12.1 Å². The Morgan fingerprint density at radius 1 is 1.61 bits per heavy atom. The number of benzene rings is 1. The predicted molar refractivity (Wildman–Crippen MR) is 71.3 cm³/mol. The van der Waals surface area contributed by atoms with Gasteiger partial charge < -0.3 is 15.2 Å². The van der Waals surface area contributed by atoms with Crippen molar-refractivity contribution in [3.05, 3.63) is 28.2 Å². The Kier molecular flexibility index (Phi) is 4.24. The van der Waals surface area contributed by atoms with Crippen molar-refractivity contribution >= 4 is 21.8 Å². The summed E-state index contributed by atoms with van der Waals surface area (Å²) >= 11 is 3.36. The van der Waals surface area contributed by atoms with Crippen LogP contribution in [0, 0.1) is 0 Å². The summed E-state index contributed by atoms with van der Waals surface area (Å²) in [5, 5.41) is 12.1. The van der Waals surface area contributed by atoms with Gasteiger partial charge >= 0.3 is 0 Å². The van der Waals surface area contributed by atoms with E-state index in [0.29, 0.717) is 17.4 Å². The van der Waals surface area contributed by atoms with Gasteiger partial charge in [0.1, 0.15) is 5.75 Å². The summed E-state index contributed by atoms with van der Waals surface area (Å²) in [6, 6.07) is 5.73. The zero-order valence-corrected chi connectivity index (χ0v) is 11.7. The SMILES string of the molecule is CC(Oc1c(Br)cccc1CO)C(=O)NC1CC1. The predicted octanol–water partition coefficient (Wildman–Crippen LogP) is 1.99. The molecule has 0 radical (unpaired) electrons. The van der Waals surface area contributed by atoms with E-state index in [4.69, 9.17) is 4.74 Å². The minimum absolute atomic E-state index is 0.114. The monoisotopic (exact) mass is 313 g/mol. The van der Waals surface area contributed by atoms with Crippen LogP contribution in [0.1, 0.15) is 25.3 Å². The summed E-state index contributed by atoms with van der Waals surface area (Å²) in [5.74, 6) is 0.413. The average Bonchev–Trinajstić information content (AvgIpc) is 3.15. The fourth-order valence-corrected chi connectivity index (χ4v) is 2.09. The first-order chi connectivity index (χ1) is 8.61. The quantitative estimate of drug-likeness (QED) is 0.874. The minimum Gasteiger partial charge on any atom is -0.479 e. The molecule has 2 N–H and O–H groups in total. The molecule has 1 aromatic carbocycles. The van der Waals surface area contributed by atoms with Gasteiger partial charge in [0.2, 0.25) is 0 Å². The number of carbonyl (C=O) groups is 1. The molecule has 4 nitrogen and oxygen atoms in total. The Bertz CT molecular complexity index is 446. The van der Waals surface area contributed by atoms with Crippen molar-refractivity contribution in [3.8, 4) is 5.75 Å². The van der Waals surface area contributed by atoms with Crippen molar-refractivity contribution in [2.24, 2.45) is 0 Å². The number of nitrogens with one attached hydrogen (secondary N) is 1. The minimum atomic E-state index is -0.574. The maximum Gasteiger partial charge on any atom is 0.260 e. The fourth-order valence-electron chi connectivity index (χ4n) is 1.59. The lowest BCUT2D eigenvalue weighted by molar-refractivity contribution is -0.127. The molecule has 0 heterocycles. The number of amides is 1. The average molecular weight is 314 g/mol. The van der Waals surface area contributed by atoms with E-state index >= 15 is 0 Å². The number of hydrogen-bond donors (Lipinski definition) is 2. The molecular weight excluding hydrogens is 298 g/mol. The molecule has 0 saturated heterocycles. The van der Waals surface area contributed by atoms with E-state index in [1.165, 1.54) is 0 Å². The Morgan fingerprint density at radius 2 is 2.33 bits per heavy atom. The smallest absolute Gasteiger partial charge is 0.260 e. The van der Waals surface area contributed by atoms with Crippen LogP contribution in [0.2, 0.25) is 0 Å². The molecule has 2 rings (SSSR count). The molecule has 1 amide bonds. The van der Waals surface area contributed by atoms with E-state index in [2.05, 4.69) is 21.2 Å². The highest BCUT2D eigenvalue weighted by molar-refractivity contribution is 9.10. The third kappa shape index (κ3) is 3.23. The van der Waals surface area contributed by atoms with Crippen LogP contribution in [-0.2, 0) is 11.4 Å².